The van der Waals surface area contributed by atoms with E-state index in [1.165, 1.54) is 0 Å². The van der Waals surface area contributed by atoms with Crippen molar-refractivity contribution in [2.75, 3.05) is 5.32 Å². The van der Waals surface area contributed by atoms with Crippen LogP contribution in [0.2, 0.25) is 10.0 Å². The van der Waals surface area contributed by atoms with Crippen molar-refractivity contribution < 1.29 is 4.79 Å². The fourth-order valence-electron chi connectivity index (χ4n) is 3.18. The standard InChI is InChI=1S/C17H13Cl2N5O/c1-9-14-10(15-11(18)4-2-5-12(15)19)8-13(25)22-16(14)24(23-9)17-20-6-3-7-21-17/h2-7,10H,8H2,1H3,(H,22,25). The highest BCUT2D eigenvalue weighted by Crippen LogP contribution is 2.44. The summed E-state index contributed by atoms with van der Waals surface area (Å²) in [6.45, 7) is 1.88. The summed E-state index contributed by atoms with van der Waals surface area (Å²) in [6.07, 6.45) is 3.50. The van der Waals surface area contributed by atoms with Crippen LogP contribution in [-0.4, -0.2) is 25.7 Å². The van der Waals surface area contributed by atoms with Crippen molar-refractivity contribution in [1.29, 1.82) is 0 Å². The molecule has 0 saturated heterocycles. The molecule has 1 aromatic carbocycles. The number of aryl methyl sites for hydroxylation is 1. The molecule has 3 heterocycles. The highest BCUT2D eigenvalue weighted by atomic mass is 35.5. The van der Waals surface area contributed by atoms with Gasteiger partial charge < -0.3 is 5.32 Å². The molecule has 1 amide bonds. The molecule has 1 atom stereocenters. The molecule has 1 N–H and O–H groups in total. The first-order valence-corrected chi connectivity index (χ1v) is 8.42. The van der Waals surface area contributed by atoms with Gasteiger partial charge in [-0.05, 0) is 30.7 Å². The van der Waals surface area contributed by atoms with Crippen LogP contribution in [0.1, 0.15) is 29.2 Å². The van der Waals surface area contributed by atoms with E-state index >= 15 is 0 Å². The average Bonchev–Trinajstić information content (AvgIpc) is 2.92. The van der Waals surface area contributed by atoms with Crippen LogP contribution in [0.5, 0.6) is 0 Å². The smallest absolute Gasteiger partial charge is 0.252 e. The Bertz CT molecular complexity index is 950. The average molecular weight is 374 g/mol. The van der Waals surface area contributed by atoms with Crippen molar-refractivity contribution in [3.05, 3.63) is 63.5 Å². The van der Waals surface area contributed by atoms with Crippen LogP contribution in [-0.2, 0) is 4.79 Å². The molecule has 0 radical (unpaired) electrons. The van der Waals surface area contributed by atoms with Gasteiger partial charge in [0.05, 0.1) is 5.69 Å². The van der Waals surface area contributed by atoms with Gasteiger partial charge in [0, 0.05) is 40.3 Å². The monoisotopic (exact) mass is 373 g/mol. The fourth-order valence-corrected chi connectivity index (χ4v) is 3.84. The highest BCUT2D eigenvalue weighted by Gasteiger charge is 2.35. The molecule has 126 valence electrons. The fraction of sp³-hybridized carbons (Fsp3) is 0.176. The number of aromatic nitrogens is 4. The Morgan fingerprint density at radius 3 is 2.48 bits per heavy atom. The van der Waals surface area contributed by atoms with Crippen LogP contribution >= 0.6 is 23.2 Å². The Balaban J connectivity index is 1.94. The number of nitrogens with zero attached hydrogens (tertiary/aromatic N) is 4. The van der Waals surface area contributed by atoms with E-state index in [4.69, 9.17) is 23.2 Å². The first-order valence-electron chi connectivity index (χ1n) is 7.67. The van der Waals surface area contributed by atoms with Gasteiger partial charge in [-0.1, -0.05) is 29.3 Å². The summed E-state index contributed by atoms with van der Waals surface area (Å²) >= 11 is 12.8. The first kappa shape index (κ1) is 16.1. The molecule has 3 aromatic rings. The van der Waals surface area contributed by atoms with Crippen molar-refractivity contribution in [3.63, 3.8) is 0 Å². The number of halogens is 2. The Labute approximate surface area is 153 Å². The van der Waals surface area contributed by atoms with Gasteiger partial charge in [-0.15, -0.1) is 0 Å². The summed E-state index contributed by atoms with van der Waals surface area (Å²) in [6, 6.07) is 7.05. The molecule has 1 aliphatic rings. The summed E-state index contributed by atoms with van der Waals surface area (Å²) in [4.78, 5) is 20.8. The maximum Gasteiger partial charge on any atom is 0.252 e. The van der Waals surface area contributed by atoms with Crippen LogP contribution in [0, 0.1) is 6.92 Å². The Kier molecular flexibility index (Phi) is 3.94. The summed E-state index contributed by atoms with van der Waals surface area (Å²) in [5, 5.41) is 8.46. The maximum absolute atomic E-state index is 12.3. The molecule has 25 heavy (non-hydrogen) atoms. The molecule has 0 saturated carbocycles. The molecule has 4 rings (SSSR count). The predicted octanol–water partition coefficient (Wildman–Crippen LogP) is 3.75. The van der Waals surface area contributed by atoms with Crippen LogP contribution < -0.4 is 5.32 Å². The van der Waals surface area contributed by atoms with Crippen molar-refractivity contribution >= 4 is 34.9 Å². The number of carbonyl (C=O) groups is 1. The minimum atomic E-state index is -0.276. The summed E-state index contributed by atoms with van der Waals surface area (Å²) in [5.41, 5.74) is 2.38. The van der Waals surface area contributed by atoms with Crippen LogP contribution in [0.15, 0.2) is 36.7 Å². The van der Waals surface area contributed by atoms with Crippen LogP contribution in [0.4, 0.5) is 5.82 Å². The lowest BCUT2D eigenvalue weighted by atomic mass is 9.85. The number of nitrogens with one attached hydrogen (secondary N) is 1. The number of benzene rings is 1. The van der Waals surface area contributed by atoms with Crippen LogP contribution in [0.25, 0.3) is 5.95 Å². The second-order valence-corrected chi connectivity index (χ2v) is 6.56. The Morgan fingerprint density at radius 1 is 1.12 bits per heavy atom. The molecule has 0 bridgehead atoms. The van der Waals surface area contributed by atoms with E-state index in [0.717, 1.165) is 16.8 Å². The third-order valence-corrected chi connectivity index (χ3v) is 4.85. The molecule has 0 aliphatic carbocycles. The number of amides is 1. The van der Waals surface area contributed by atoms with E-state index in [1.54, 1.807) is 41.3 Å². The van der Waals surface area contributed by atoms with Gasteiger partial charge >= 0.3 is 0 Å². The topological polar surface area (TPSA) is 72.7 Å². The lowest BCUT2D eigenvalue weighted by Crippen LogP contribution is -2.25. The van der Waals surface area contributed by atoms with E-state index in [2.05, 4.69) is 20.4 Å². The van der Waals surface area contributed by atoms with Gasteiger partial charge in [0.25, 0.3) is 5.95 Å². The van der Waals surface area contributed by atoms with Crippen molar-refractivity contribution in [2.45, 2.75) is 19.3 Å². The second kappa shape index (κ2) is 6.13. The van der Waals surface area contributed by atoms with Crippen LogP contribution in [0.3, 0.4) is 0 Å². The van der Waals surface area contributed by atoms with E-state index in [-0.39, 0.29) is 18.2 Å². The third kappa shape index (κ3) is 2.67. The minimum absolute atomic E-state index is 0.134. The van der Waals surface area contributed by atoms with Crippen molar-refractivity contribution in [1.82, 2.24) is 19.7 Å². The van der Waals surface area contributed by atoms with Crippen molar-refractivity contribution in [2.24, 2.45) is 0 Å². The van der Waals surface area contributed by atoms with Gasteiger partial charge in [0.2, 0.25) is 5.91 Å². The lowest BCUT2D eigenvalue weighted by Gasteiger charge is -2.25. The minimum Gasteiger partial charge on any atom is -0.310 e. The largest absolute Gasteiger partial charge is 0.310 e. The van der Waals surface area contributed by atoms with Gasteiger partial charge in [-0.2, -0.15) is 9.78 Å². The Morgan fingerprint density at radius 2 is 1.80 bits per heavy atom. The third-order valence-electron chi connectivity index (χ3n) is 4.19. The molecule has 1 aliphatic heterocycles. The molecule has 6 nitrogen and oxygen atoms in total. The number of hydrogen-bond acceptors (Lipinski definition) is 4. The van der Waals surface area contributed by atoms with Gasteiger partial charge in [0.1, 0.15) is 5.82 Å². The predicted molar refractivity (Wildman–Crippen MR) is 95.4 cm³/mol. The number of rotatable bonds is 2. The molecule has 0 spiro atoms. The second-order valence-electron chi connectivity index (χ2n) is 5.75. The molecule has 2 aromatic heterocycles. The normalized spacial score (nSPS) is 16.4. The molecule has 8 heteroatoms. The number of hydrogen-bond donors (Lipinski definition) is 1. The SMILES string of the molecule is Cc1nn(-c2ncccn2)c2c1C(c1c(Cl)cccc1Cl)CC(=O)N2. The van der Waals surface area contributed by atoms with E-state index < -0.39 is 0 Å². The summed E-state index contributed by atoms with van der Waals surface area (Å²) in [7, 11) is 0. The first-order chi connectivity index (χ1) is 12.1. The van der Waals surface area contributed by atoms with Crippen molar-refractivity contribution in [3.8, 4) is 5.95 Å². The zero-order valence-electron chi connectivity index (χ0n) is 13.2. The molecular formula is C17H13Cl2N5O. The summed E-state index contributed by atoms with van der Waals surface area (Å²) < 4.78 is 1.54. The zero-order valence-corrected chi connectivity index (χ0v) is 14.7. The highest BCUT2D eigenvalue weighted by molar-refractivity contribution is 6.36. The zero-order chi connectivity index (χ0) is 17.6. The lowest BCUT2D eigenvalue weighted by molar-refractivity contribution is -0.116. The molecule has 0 fully saturated rings. The van der Waals surface area contributed by atoms with E-state index in [1.807, 2.05) is 6.92 Å². The number of carbonyl (C=O) groups excluding carboxylic acids is 1. The van der Waals surface area contributed by atoms with Gasteiger partial charge in [0.15, 0.2) is 0 Å². The number of anilines is 1. The maximum atomic E-state index is 12.3. The Hall–Kier alpha value is -2.44. The quantitative estimate of drug-likeness (QED) is 0.742. The number of fused-ring (bicyclic) bond motifs is 1. The van der Waals surface area contributed by atoms with Gasteiger partial charge in [-0.25, -0.2) is 9.97 Å². The molecular weight excluding hydrogens is 361 g/mol. The van der Waals surface area contributed by atoms with E-state index in [9.17, 15) is 4.79 Å². The van der Waals surface area contributed by atoms with E-state index in [0.29, 0.717) is 21.8 Å². The molecule has 1 unspecified atom stereocenters. The van der Waals surface area contributed by atoms with Gasteiger partial charge in [-0.3, -0.25) is 4.79 Å². The summed E-state index contributed by atoms with van der Waals surface area (Å²) in [5.74, 6) is 0.534.